The Morgan fingerprint density at radius 2 is 1.89 bits per heavy atom. The molecule has 0 unspecified atom stereocenters. The molecule has 0 aromatic heterocycles. The van der Waals surface area contributed by atoms with E-state index < -0.39 is 0 Å². The van der Waals surface area contributed by atoms with E-state index in [4.69, 9.17) is 27.9 Å². The van der Waals surface area contributed by atoms with E-state index in [1.54, 1.807) is 12.1 Å². The van der Waals surface area contributed by atoms with Crippen LogP contribution in [0.15, 0.2) is 18.2 Å². The fraction of sp³-hybridized carbons (Fsp3) is 0.571. The highest BCUT2D eigenvalue weighted by Crippen LogP contribution is 2.27. The Balaban J connectivity index is 2.07. The van der Waals surface area contributed by atoms with Crippen LogP contribution in [0.1, 0.15) is 32.6 Å². The lowest BCUT2D eigenvalue weighted by molar-refractivity contribution is -0.655. The van der Waals surface area contributed by atoms with Crippen molar-refractivity contribution in [3.05, 3.63) is 28.2 Å². The van der Waals surface area contributed by atoms with Gasteiger partial charge in [0.05, 0.1) is 24.7 Å². The van der Waals surface area contributed by atoms with Crippen LogP contribution in [-0.4, -0.2) is 19.7 Å². The van der Waals surface area contributed by atoms with E-state index in [0.717, 1.165) is 12.2 Å². The number of ether oxygens (including phenoxy) is 1. The Bertz CT molecular complexity index is 345. The van der Waals surface area contributed by atoms with Gasteiger partial charge in [0.25, 0.3) is 0 Å². The highest BCUT2D eigenvalue weighted by atomic mass is 35.5. The fourth-order valence-electron chi connectivity index (χ4n) is 1.66. The summed E-state index contributed by atoms with van der Waals surface area (Å²) in [6, 6.07) is 5.32. The monoisotopic (exact) mass is 290 g/mol. The molecule has 0 amide bonds. The number of hydrogen-bond acceptors (Lipinski definition) is 1. The van der Waals surface area contributed by atoms with Crippen molar-refractivity contribution >= 4 is 23.2 Å². The number of benzene rings is 1. The van der Waals surface area contributed by atoms with Crippen molar-refractivity contribution in [2.75, 3.05) is 19.7 Å². The molecule has 0 aliphatic carbocycles. The van der Waals surface area contributed by atoms with E-state index in [2.05, 4.69) is 12.2 Å². The summed E-state index contributed by atoms with van der Waals surface area (Å²) in [7, 11) is 0. The van der Waals surface area contributed by atoms with Gasteiger partial charge >= 0.3 is 0 Å². The molecule has 2 N–H and O–H groups in total. The third kappa shape index (κ3) is 6.48. The molecule has 4 heteroatoms. The Hall–Kier alpha value is -0.440. The molecule has 1 rings (SSSR count). The summed E-state index contributed by atoms with van der Waals surface area (Å²) in [5, 5.41) is 3.59. The maximum atomic E-state index is 6.01. The zero-order valence-electron chi connectivity index (χ0n) is 10.9. The van der Waals surface area contributed by atoms with Gasteiger partial charge < -0.3 is 10.1 Å². The number of halogens is 2. The van der Waals surface area contributed by atoms with Gasteiger partial charge in [-0.05, 0) is 37.5 Å². The average Bonchev–Trinajstić information content (AvgIpc) is 2.35. The predicted molar refractivity (Wildman–Crippen MR) is 77.8 cm³/mol. The maximum absolute atomic E-state index is 6.01. The third-order valence-electron chi connectivity index (χ3n) is 2.72. The Kier molecular flexibility index (Phi) is 8.23. The molecule has 1 aromatic carbocycles. The molecule has 0 atom stereocenters. The summed E-state index contributed by atoms with van der Waals surface area (Å²) < 4.78 is 5.62. The van der Waals surface area contributed by atoms with Gasteiger partial charge in [-0.25, -0.2) is 0 Å². The van der Waals surface area contributed by atoms with Crippen molar-refractivity contribution < 1.29 is 10.1 Å². The average molecular weight is 291 g/mol. The van der Waals surface area contributed by atoms with E-state index >= 15 is 0 Å². The SMILES string of the molecule is CCCC[NH2+]CCCCOc1ccc(Cl)cc1Cl. The van der Waals surface area contributed by atoms with E-state index in [-0.39, 0.29) is 0 Å². The highest BCUT2D eigenvalue weighted by Gasteiger charge is 2.02. The van der Waals surface area contributed by atoms with Crippen LogP contribution in [-0.2, 0) is 0 Å². The second-order valence-corrected chi connectivity index (χ2v) is 5.19. The third-order valence-corrected chi connectivity index (χ3v) is 3.25. The maximum Gasteiger partial charge on any atom is 0.137 e. The second-order valence-electron chi connectivity index (χ2n) is 4.35. The molecule has 2 nitrogen and oxygen atoms in total. The van der Waals surface area contributed by atoms with Gasteiger partial charge in [0.1, 0.15) is 5.75 Å². The number of unbranched alkanes of at least 4 members (excludes halogenated alkanes) is 2. The summed E-state index contributed by atoms with van der Waals surface area (Å²) in [6.45, 7) is 5.35. The number of hydrogen-bond donors (Lipinski definition) is 1. The molecule has 0 saturated carbocycles. The first-order chi connectivity index (χ1) is 8.74. The molecule has 18 heavy (non-hydrogen) atoms. The largest absolute Gasteiger partial charge is 0.492 e. The molecule has 0 fully saturated rings. The molecule has 0 heterocycles. The smallest absolute Gasteiger partial charge is 0.137 e. The lowest BCUT2D eigenvalue weighted by Crippen LogP contribution is -2.84. The van der Waals surface area contributed by atoms with E-state index in [0.29, 0.717) is 16.7 Å². The first-order valence-corrected chi connectivity index (χ1v) is 7.39. The van der Waals surface area contributed by atoms with Crippen LogP contribution in [0.2, 0.25) is 10.0 Å². The van der Waals surface area contributed by atoms with Crippen molar-refractivity contribution in [3.8, 4) is 5.75 Å². The van der Waals surface area contributed by atoms with Gasteiger partial charge in [-0.2, -0.15) is 0 Å². The van der Waals surface area contributed by atoms with Crippen LogP contribution in [0.3, 0.4) is 0 Å². The number of rotatable bonds is 9. The summed E-state index contributed by atoms with van der Waals surface area (Å²) in [6.07, 6.45) is 4.81. The first-order valence-electron chi connectivity index (χ1n) is 6.63. The molecule has 0 spiro atoms. The van der Waals surface area contributed by atoms with Crippen molar-refractivity contribution in [2.45, 2.75) is 32.6 Å². The summed E-state index contributed by atoms with van der Waals surface area (Å²) in [5.74, 6) is 0.719. The zero-order valence-corrected chi connectivity index (χ0v) is 12.4. The predicted octanol–water partition coefficient (Wildman–Crippen LogP) is 3.52. The molecular weight excluding hydrogens is 269 g/mol. The summed E-state index contributed by atoms with van der Waals surface area (Å²) in [4.78, 5) is 0. The summed E-state index contributed by atoms with van der Waals surface area (Å²) in [5.41, 5.74) is 0. The standard InChI is InChI=1S/C14H21Cl2NO/c1-2-3-8-17-9-4-5-10-18-14-7-6-12(15)11-13(14)16/h6-7,11,17H,2-5,8-10H2,1H3/p+1. The van der Waals surface area contributed by atoms with Gasteiger partial charge in [-0.3, -0.25) is 0 Å². The van der Waals surface area contributed by atoms with Crippen LogP contribution in [0.25, 0.3) is 0 Å². The topological polar surface area (TPSA) is 25.8 Å². The highest BCUT2D eigenvalue weighted by molar-refractivity contribution is 6.35. The molecule has 0 saturated heterocycles. The molecule has 0 radical (unpaired) electrons. The van der Waals surface area contributed by atoms with Crippen LogP contribution in [0.5, 0.6) is 5.75 Å². The van der Waals surface area contributed by atoms with Crippen molar-refractivity contribution in [3.63, 3.8) is 0 Å². The van der Waals surface area contributed by atoms with Crippen molar-refractivity contribution in [2.24, 2.45) is 0 Å². The minimum atomic E-state index is 0.581. The minimum absolute atomic E-state index is 0.581. The minimum Gasteiger partial charge on any atom is -0.492 e. The molecule has 0 aliphatic heterocycles. The molecule has 1 aromatic rings. The van der Waals surface area contributed by atoms with Crippen molar-refractivity contribution in [1.29, 1.82) is 0 Å². The Labute approximate surface area is 120 Å². The van der Waals surface area contributed by atoms with E-state index in [1.807, 2.05) is 6.07 Å². The molecule has 0 aliphatic rings. The van der Waals surface area contributed by atoms with Crippen LogP contribution < -0.4 is 10.1 Å². The zero-order chi connectivity index (χ0) is 13.2. The normalized spacial score (nSPS) is 10.6. The van der Waals surface area contributed by atoms with Crippen LogP contribution in [0, 0.1) is 0 Å². The molecular formula is C14H22Cl2NO+. The lowest BCUT2D eigenvalue weighted by atomic mass is 10.3. The van der Waals surface area contributed by atoms with Gasteiger partial charge in [0.15, 0.2) is 0 Å². The summed E-state index contributed by atoms with van der Waals surface area (Å²) >= 11 is 11.8. The van der Waals surface area contributed by atoms with Gasteiger partial charge in [-0.15, -0.1) is 0 Å². The van der Waals surface area contributed by atoms with Gasteiger partial charge in [0, 0.05) is 5.02 Å². The van der Waals surface area contributed by atoms with Crippen LogP contribution >= 0.6 is 23.2 Å². The van der Waals surface area contributed by atoms with Crippen molar-refractivity contribution in [1.82, 2.24) is 0 Å². The first kappa shape index (κ1) is 15.6. The number of nitrogens with two attached hydrogens (primary N) is 1. The number of quaternary nitrogens is 1. The van der Waals surface area contributed by atoms with Gasteiger partial charge in [0.2, 0.25) is 0 Å². The van der Waals surface area contributed by atoms with E-state index in [1.165, 1.54) is 32.4 Å². The second kappa shape index (κ2) is 9.48. The quantitative estimate of drug-likeness (QED) is 0.692. The van der Waals surface area contributed by atoms with E-state index in [9.17, 15) is 0 Å². The molecule has 102 valence electrons. The van der Waals surface area contributed by atoms with Gasteiger partial charge in [-0.1, -0.05) is 36.5 Å². The molecule has 0 bridgehead atoms. The lowest BCUT2D eigenvalue weighted by Gasteiger charge is -2.07. The Morgan fingerprint density at radius 1 is 1.11 bits per heavy atom. The Morgan fingerprint density at radius 3 is 2.61 bits per heavy atom. The fourth-order valence-corrected chi connectivity index (χ4v) is 2.12. The van der Waals surface area contributed by atoms with Crippen LogP contribution in [0.4, 0.5) is 0 Å².